The predicted octanol–water partition coefficient (Wildman–Crippen LogP) is 4.59. The molecule has 2 rings (SSSR count). The van der Waals surface area contributed by atoms with Gasteiger partial charge in [-0.2, -0.15) is 0 Å². The summed E-state index contributed by atoms with van der Waals surface area (Å²) in [6.07, 6.45) is 19.0. The Morgan fingerprint density at radius 1 is 0.786 bits per heavy atom. The zero-order valence-corrected chi connectivity index (χ0v) is 9.24. The Morgan fingerprint density at radius 2 is 1.00 bits per heavy atom. The van der Waals surface area contributed by atoms with Gasteiger partial charge in [0.25, 0.3) is 0 Å². The van der Waals surface area contributed by atoms with Gasteiger partial charge >= 0.3 is 0 Å². The third-order valence-corrected chi connectivity index (χ3v) is 1.31. The molecule has 0 unspecified atom stereocenters. The van der Waals surface area contributed by atoms with Crippen molar-refractivity contribution in [3.8, 4) is 0 Å². The van der Waals surface area contributed by atoms with Crippen LogP contribution in [0.4, 0.5) is 0 Å². The quantitative estimate of drug-likeness (QED) is 0.488. The van der Waals surface area contributed by atoms with Crippen molar-refractivity contribution in [3.63, 3.8) is 0 Å². The first-order chi connectivity index (χ1) is 6.73. The Hall–Kier alpha value is -1.30. The average Bonchev–Trinajstić information content (AvgIpc) is 2.83. The fraction of sp³-hybridized carbons (Fsp3) is 0.286. The van der Waals surface area contributed by atoms with Gasteiger partial charge in [-0.05, 0) is 26.7 Å². The molecule has 0 N–H and O–H groups in total. The average molecular weight is 188 g/mol. The van der Waals surface area contributed by atoms with Gasteiger partial charge in [-0.1, -0.05) is 54.2 Å². The van der Waals surface area contributed by atoms with Gasteiger partial charge in [0.15, 0.2) is 0 Å². The van der Waals surface area contributed by atoms with Crippen molar-refractivity contribution in [2.24, 2.45) is 0 Å². The minimum Gasteiger partial charge on any atom is -0.100 e. The first-order valence-corrected chi connectivity index (χ1v) is 4.99. The van der Waals surface area contributed by atoms with Crippen LogP contribution in [0.3, 0.4) is 0 Å². The lowest BCUT2D eigenvalue weighted by molar-refractivity contribution is 1.42. The molecule has 2 aliphatic carbocycles. The standard InChI is InChI=1S/2C5H6.C4H8/c2*1-2-4-5-3-1;1-4(2)3/h2*1-4H,5H2;1H2,2-3H3. The van der Waals surface area contributed by atoms with E-state index in [9.17, 15) is 0 Å². The summed E-state index contributed by atoms with van der Waals surface area (Å²) in [6, 6.07) is 0. The molecule has 0 saturated carbocycles. The molecule has 2 aliphatic rings. The van der Waals surface area contributed by atoms with Crippen LogP contribution >= 0.6 is 0 Å². The van der Waals surface area contributed by atoms with Crippen LogP contribution in [-0.2, 0) is 0 Å². The molecule has 0 heterocycles. The first kappa shape index (κ1) is 12.7. The van der Waals surface area contributed by atoms with Gasteiger partial charge in [0.1, 0.15) is 0 Å². The fourth-order valence-electron chi connectivity index (χ4n) is 0.786. The predicted molar refractivity (Wildman–Crippen MR) is 66.3 cm³/mol. The van der Waals surface area contributed by atoms with Crippen LogP contribution < -0.4 is 0 Å². The van der Waals surface area contributed by atoms with Crippen molar-refractivity contribution >= 4 is 0 Å². The van der Waals surface area contributed by atoms with Gasteiger partial charge in [0.2, 0.25) is 0 Å². The van der Waals surface area contributed by atoms with E-state index in [1.54, 1.807) is 0 Å². The molecule has 0 saturated heterocycles. The molecule has 0 radical (unpaired) electrons. The van der Waals surface area contributed by atoms with Crippen LogP contribution in [0, 0.1) is 0 Å². The summed E-state index contributed by atoms with van der Waals surface area (Å²) in [5.41, 5.74) is 1.17. The van der Waals surface area contributed by atoms with E-state index < -0.39 is 0 Å². The summed E-state index contributed by atoms with van der Waals surface area (Å²) < 4.78 is 0. The van der Waals surface area contributed by atoms with Crippen molar-refractivity contribution in [2.45, 2.75) is 26.7 Å². The summed E-state index contributed by atoms with van der Waals surface area (Å²) in [4.78, 5) is 0. The first-order valence-electron chi connectivity index (χ1n) is 4.99. The molecule has 0 amide bonds. The van der Waals surface area contributed by atoms with E-state index in [2.05, 4.69) is 55.2 Å². The molecule has 0 aromatic carbocycles. The van der Waals surface area contributed by atoms with E-state index in [4.69, 9.17) is 0 Å². The maximum Gasteiger partial charge on any atom is -0.0163 e. The maximum atomic E-state index is 3.56. The Kier molecular flexibility index (Phi) is 8.88. The molecular formula is C14H20. The number of hydrogen-bond donors (Lipinski definition) is 0. The summed E-state index contributed by atoms with van der Waals surface area (Å²) in [7, 11) is 0. The second kappa shape index (κ2) is 9.79. The summed E-state index contributed by atoms with van der Waals surface area (Å²) in [5, 5.41) is 0. The Morgan fingerprint density at radius 3 is 1.07 bits per heavy atom. The highest BCUT2D eigenvalue weighted by Gasteiger charge is 1.72. The molecule has 0 atom stereocenters. The van der Waals surface area contributed by atoms with Gasteiger partial charge in [-0.15, -0.1) is 6.58 Å². The molecule has 0 spiro atoms. The van der Waals surface area contributed by atoms with Gasteiger partial charge in [0.05, 0.1) is 0 Å². The third kappa shape index (κ3) is 13.3. The van der Waals surface area contributed by atoms with Crippen molar-refractivity contribution < 1.29 is 0 Å². The number of hydrogen-bond acceptors (Lipinski definition) is 0. The summed E-state index contributed by atoms with van der Waals surface area (Å²) >= 11 is 0. The van der Waals surface area contributed by atoms with E-state index in [1.165, 1.54) is 5.57 Å². The number of rotatable bonds is 0. The molecule has 0 fully saturated rings. The fourth-order valence-corrected chi connectivity index (χ4v) is 0.786. The smallest absolute Gasteiger partial charge is 0.0163 e. The van der Waals surface area contributed by atoms with Crippen LogP contribution in [0.5, 0.6) is 0 Å². The minimum atomic E-state index is 1.14. The molecule has 0 aromatic heterocycles. The highest BCUT2D eigenvalue weighted by molar-refractivity contribution is 5.12. The molecule has 0 nitrogen and oxygen atoms in total. The topological polar surface area (TPSA) is 0 Å². The molecular weight excluding hydrogens is 168 g/mol. The van der Waals surface area contributed by atoms with Crippen LogP contribution in [0.2, 0.25) is 0 Å². The van der Waals surface area contributed by atoms with Crippen LogP contribution in [0.1, 0.15) is 26.7 Å². The molecule has 0 bridgehead atoms. The highest BCUT2D eigenvalue weighted by Crippen LogP contribution is 1.93. The SMILES string of the molecule is C1=CCC=C1.C1=CCC=C1.C=C(C)C. The van der Waals surface area contributed by atoms with Gasteiger partial charge in [-0.25, -0.2) is 0 Å². The zero-order chi connectivity index (χ0) is 10.6. The lowest BCUT2D eigenvalue weighted by Gasteiger charge is -1.65. The number of allylic oxidation sites excluding steroid dienone is 9. The second-order valence-corrected chi connectivity index (χ2v) is 3.39. The lowest BCUT2D eigenvalue weighted by Crippen LogP contribution is -1.43. The van der Waals surface area contributed by atoms with E-state index in [-0.39, 0.29) is 0 Å². The van der Waals surface area contributed by atoms with E-state index >= 15 is 0 Å². The lowest BCUT2D eigenvalue weighted by atomic mass is 10.4. The van der Waals surface area contributed by atoms with E-state index in [1.807, 2.05) is 13.8 Å². The van der Waals surface area contributed by atoms with Gasteiger partial charge in [0, 0.05) is 0 Å². The van der Waals surface area contributed by atoms with Gasteiger partial charge < -0.3 is 0 Å². The van der Waals surface area contributed by atoms with Crippen LogP contribution in [-0.4, -0.2) is 0 Å². The Bertz CT molecular complexity index is 203. The van der Waals surface area contributed by atoms with Crippen molar-refractivity contribution in [1.82, 2.24) is 0 Å². The highest BCUT2D eigenvalue weighted by atomic mass is 13.8. The Labute approximate surface area is 88.0 Å². The largest absolute Gasteiger partial charge is 0.100 e. The van der Waals surface area contributed by atoms with Crippen LogP contribution in [0.25, 0.3) is 0 Å². The van der Waals surface area contributed by atoms with Gasteiger partial charge in [-0.3, -0.25) is 0 Å². The monoisotopic (exact) mass is 188 g/mol. The summed E-state index contributed by atoms with van der Waals surface area (Å²) in [6.45, 7) is 7.50. The summed E-state index contributed by atoms with van der Waals surface area (Å²) in [5.74, 6) is 0. The minimum absolute atomic E-state index is 1.14. The van der Waals surface area contributed by atoms with Crippen molar-refractivity contribution in [2.75, 3.05) is 0 Å². The maximum absolute atomic E-state index is 3.56. The molecule has 0 aliphatic heterocycles. The Balaban J connectivity index is 0.000000183. The van der Waals surface area contributed by atoms with E-state index in [0.717, 1.165) is 12.8 Å². The van der Waals surface area contributed by atoms with Crippen molar-refractivity contribution in [1.29, 1.82) is 0 Å². The zero-order valence-electron chi connectivity index (χ0n) is 9.24. The van der Waals surface area contributed by atoms with E-state index in [0.29, 0.717) is 0 Å². The normalized spacial score (nSPS) is 14.4. The molecule has 76 valence electrons. The third-order valence-electron chi connectivity index (χ3n) is 1.31. The van der Waals surface area contributed by atoms with Crippen LogP contribution in [0.15, 0.2) is 60.8 Å². The van der Waals surface area contributed by atoms with Crippen molar-refractivity contribution in [3.05, 3.63) is 60.8 Å². The molecule has 0 aromatic rings. The molecule has 0 heteroatoms. The molecule has 14 heavy (non-hydrogen) atoms. The second-order valence-electron chi connectivity index (χ2n) is 3.39.